The molecule has 1 aliphatic rings. The summed E-state index contributed by atoms with van der Waals surface area (Å²) in [4.78, 5) is 21.7. The van der Waals surface area contributed by atoms with Gasteiger partial charge in [-0.15, -0.1) is 21.5 Å². The molecular weight excluding hydrogens is 412 g/mol. The maximum atomic E-state index is 12.3. The minimum Gasteiger partial charge on any atom is -0.299 e. The number of aromatic nitrogens is 3. The molecular formula is C18H28N6OS3. The van der Waals surface area contributed by atoms with Crippen LogP contribution in [-0.2, 0) is 16.8 Å². The fraction of sp³-hybridized carbons (Fsp3) is 0.667. The zero-order valence-electron chi connectivity index (χ0n) is 16.9. The lowest BCUT2D eigenvalue weighted by atomic mass is 9.93. The van der Waals surface area contributed by atoms with Gasteiger partial charge < -0.3 is 0 Å². The van der Waals surface area contributed by atoms with Gasteiger partial charge in [-0.1, -0.05) is 50.8 Å². The van der Waals surface area contributed by atoms with Gasteiger partial charge in [-0.3, -0.25) is 19.9 Å². The first-order chi connectivity index (χ1) is 13.3. The van der Waals surface area contributed by atoms with Gasteiger partial charge in [0.15, 0.2) is 4.34 Å². The Morgan fingerprint density at radius 2 is 1.93 bits per heavy atom. The zero-order valence-corrected chi connectivity index (χ0v) is 19.3. The van der Waals surface area contributed by atoms with E-state index in [0.717, 1.165) is 42.8 Å². The number of nitrogens with zero attached hydrogens (tertiary/aromatic N) is 5. The minimum absolute atomic E-state index is 0.0209. The first-order valence-corrected chi connectivity index (χ1v) is 12.2. The third kappa shape index (κ3) is 6.21. The number of anilines is 1. The summed E-state index contributed by atoms with van der Waals surface area (Å²) in [7, 11) is 0. The summed E-state index contributed by atoms with van der Waals surface area (Å²) < 4.78 is 0.892. The molecule has 0 bridgehead atoms. The quantitative estimate of drug-likeness (QED) is 0.524. The van der Waals surface area contributed by atoms with Crippen molar-refractivity contribution >= 4 is 45.5 Å². The predicted octanol–water partition coefficient (Wildman–Crippen LogP) is 3.16. The first-order valence-electron chi connectivity index (χ1n) is 9.49. The lowest BCUT2D eigenvalue weighted by molar-refractivity contribution is -0.117. The Kier molecular flexibility index (Phi) is 7.43. The molecule has 0 spiro atoms. The number of thioether (sulfide) groups is 1. The van der Waals surface area contributed by atoms with Crippen LogP contribution >= 0.6 is 34.4 Å². The van der Waals surface area contributed by atoms with Crippen LogP contribution < -0.4 is 5.32 Å². The highest BCUT2D eigenvalue weighted by Gasteiger charge is 2.22. The number of hydrogen-bond donors (Lipinski definition) is 1. The molecule has 1 N–H and O–H groups in total. The van der Waals surface area contributed by atoms with E-state index in [1.165, 1.54) is 22.0 Å². The summed E-state index contributed by atoms with van der Waals surface area (Å²) in [5, 5.41) is 14.9. The van der Waals surface area contributed by atoms with Gasteiger partial charge in [0.05, 0.1) is 18.8 Å². The minimum atomic E-state index is -0.0209. The number of carbonyl (C=O) groups excluding carboxylic acids is 1. The topological polar surface area (TPSA) is 74.2 Å². The molecule has 154 valence electrons. The Morgan fingerprint density at radius 3 is 2.57 bits per heavy atom. The van der Waals surface area contributed by atoms with Gasteiger partial charge in [-0.25, -0.2) is 4.98 Å². The lowest BCUT2D eigenvalue weighted by Crippen LogP contribution is -2.48. The Morgan fingerprint density at radius 1 is 1.21 bits per heavy atom. The van der Waals surface area contributed by atoms with E-state index in [9.17, 15) is 4.79 Å². The fourth-order valence-corrected chi connectivity index (χ4v) is 5.56. The molecule has 10 heteroatoms. The average molecular weight is 441 g/mol. The number of thiazole rings is 1. The molecule has 1 amide bonds. The van der Waals surface area contributed by atoms with Crippen molar-refractivity contribution in [1.29, 1.82) is 0 Å². The van der Waals surface area contributed by atoms with Crippen molar-refractivity contribution in [2.24, 2.45) is 0 Å². The molecule has 1 aliphatic heterocycles. The van der Waals surface area contributed by atoms with Crippen molar-refractivity contribution in [3.8, 4) is 0 Å². The van der Waals surface area contributed by atoms with Gasteiger partial charge in [0.25, 0.3) is 0 Å². The van der Waals surface area contributed by atoms with Crippen LogP contribution in [0.4, 0.5) is 5.13 Å². The summed E-state index contributed by atoms with van der Waals surface area (Å²) in [6.45, 7) is 13.6. The molecule has 1 saturated heterocycles. The maximum Gasteiger partial charge on any atom is 0.240 e. The lowest BCUT2D eigenvalue weighted by Gasteiger charge is -2.33. The Bertz CT molecular complexity index is 776. The molecule has 0 saturated carbocycles. The molecule has 28 heavy (non-hydrogen) atoms. The SMILES string of the molecule is CCSc1nnc(NC(=O)CN2CCN(Cc3nc(C(C)(C)C)cs3)CC2)s1. The van der Waals surface area contributed by atoms with E-state index in [1.54, 1.807) is 23.1 Å². The van der Waals surface area contributed by atoms with Crippen molar-refractivity contribution in [3.63, 3.8) is 0 Å². The fourth-order valence-electron chi connectivity index (χ4n) is 2.83. The van der Waals surface area contributed by atoms with Crippen LogP contribution in [0.2, 0.25) is 0 Å². The average Bonchev–Trinajstić information content (AvgIpc) is 3.26. The summed E-state index contributed by atoms with van der Waals surface area (Å²) >= 11 is 4.81. The first kappa shape index (κ1) is 21.6. The highest BCUT2D eigenvalue weighted by molar-refractivity contribution is 8.01. The van der Waals surface area contributed by atoms with E-state index in [1.807, 2.05) is 0 Å². The standard InChI is InChI=1S/C18H28N6OS3/c1-5-26-17-22-21-16(28-17)20-14(25)10-23-6-8-24(9-7-23)11-15-19-13(12-27-15)18(2,3)4/h12H,5-11H2,1-4H3,(H,20,21,25). The molecule has 0 aliphatic carbocycles. The highest BCUT2D eigenvalue weighted by Crippen LogP contribution is 2.25. The van der Waals surface area contributed by atoms with Crippen molar-refractivity contribution < 1.29 is 4.79 Å². The number of carbonyl (C=O) groups is 1. The number of nitrogens with one attached hydrogen (secondary N) is 1. The smallest absolute Gasteiger partial charge is 0.240 e. The van der Waals surface area contributed by atoms with E-state index in [2.05, 4.69) is 58.4 Å². The van der Waals surface area contributed by atoms with Crippen molar-refractivity contribution in [1.82, 2.24) is 25.0 Å². The maximum absolute atomic E-state index is 12.3. The highest BCUT2D eigenvalue weighted by atomic mass is 32.2. The summed E-state index contributed by atoms with van der Waals surface area (Å²) in [5.74, 6) is 0.929. The number of amides is 1. The molecule has 3 rings (SSSR count). The molecule has 0 unspecified atom stereocenters. The van der Waals surface area contributed by atoms with E-state index in [4.69, 9.17) is 4.98 Å². The second-order valence-corrected chi connectivity index (χ2v) is 11.2. The molecule has 0 atom stereocenters. The normalized spacial score (nSPS) is 16.4. The summed E-state index contributed by atoms with van der Waals surface area (Å²) in [6.07, 6.45) is 0. The van der Waals surface area contributed by atoms with Crippen LogP contribution in [0.25, 0.3) is 0 Å². The van der Waals surface area contributed by atoms with E-state index in [-0.39, 0.29) is 11.3 Å². The number of piperazine rings is 1. The van der Waals surface area contributed by atoms with E-state index in [0.29, 0.717) is 11.7 Å². The van der Waals surface area contributed by atoms with Crippen molar-refractivity contribution in [2.75, 3.05) is 43.8 Å². The van der Waals surface area contributed by atoms with E-state index < -0.39 is 0 Å². The molecule has 2 aromatic heterocycles. The van der Waals surface area contributed by atoms with Crippen molar-refractivity contribution in [2.45, 2.75) is 44.0 Å². The van der Waals surface area contributed by atoms with Crippen LogP contribution in [0.15, 0.2) is 9.72 Å². The van der Waals surface area contributed by atoms with Crippen LogP contribution in [0.5, 0.6) is 0 Å². The monoisotopic (exact) mass is 440 g/mol. The molecule has 2 aromatic rings. The third-order valence-electron chi connectivity index (χ3n) is 4.43. The number of hydrogen-bond acceptors (Lipinski definition) is 9. The molecule has 7 nitrogen and oxygen atoms in total. The van der Waals surface area contributed by atoms with Crippen LogP contribution in [0.3, 0.4) is 0 Å². The van der Waals surface area contributed by atoms with Crippen LogP contribution in [0, 0.1) is 0 Å². The predicted molar refractivity (Wildman–Crippen MR) is 117 cm³/mol. The molecule has 0 radical (unpaired) electrons. The molecule has 0 aromatic carbocycles. The zero-order chi connectivity index (χ0) is 20.1. The Hall–Kier alpha value is -1.07. The van der Waals surface area contributed by atoms with Gasteiger partial charge in [0, 0.05) is 37.0 Å². The van der Waals surface area contributed by atoms with Crippen LogP contribution in [0.1, 0.15) is 38.4 Å². The number of rotatable bonds is 7. The van der Waals surface area contributed by atoms with Gasteiger partial charge in [0.2, 0.25) is 11.0 Å². The van der Waals surface area contributed by atoms with E-state index >= 15 is 0 Å². The Labute approximate surface area is 178 Å². The van der Waals surface area contributed by atoms with Gasteiger partial charge in [-0.05, 0) is 5.75 Å². The summed E-state index contributed by atoms with van der Waals surface area (Å²) in [5.41, 5.74) is 1.27. The van der Waals surface area contributed by atoms with Gasteiger partial charge >= 0.3 is 0 Å². The van der Waals surface area contributed by atoms with Crippen LogP contribution in [-0.4, -0.2) is 69.4 Å². The largest absolute Gasteiger partial charge is 0.299 e. The second-order valence-electron chi connectivity index (χ2n) is 7.78. The van der Waals surface area contributed by atoms with Gasteiger partial charge in [0.1, 0.15) is 5.01 Å². The van der Waals surface area contributed by atoms with Gasteiger partial charge in [-0.2, -0.15) is 0 Å². The summed E-state index contributed by atoms with van der Waals surface area (Å²) in [6, 6.07) is 0. The van der Waals surface area contributed by atoms with Crippen molar-refractivity contribution in [3.05, 3.63) is 16.1 Å². The molecule has 1 fully saturated rings. The third-order valence-corrected chi connectivity index (χ3v) is 7.12. The Balaban J connectivity index is 1.41. The second kappa shape index (κ2) is 9.62. The molecule has 3 heterocycles.